The van der Waals surface area contributed by atoms with Crippen LogP contribution in [0.1, 0.15) is 35.2 Å². The predicted molar refractivity (Wildman–Crippen MR) is 140 cm³/mol. The number of rotatable bonds is 4. The summed E-state index contributed by atoms with van der Waals surface area (Å²) in [5, 5.41) is 1.06. The Morgan fingerprint density at radius 1 is 1.03 bits per heavy atom. The molecule has 1 saturated heterocycles. The van der Waals surface area contributed by atoms with Crippen molar-refractivity contribution in [1.29, 1.82) is 0 Å². The lowest BCUT2D eigenvalue weighted by atomic mass is 9.76. The second-order valence-corrected chi connectivity index (χ2v) is 10.6. The molecule has 3 aromatic carbocycles. The van der Waals surface area contributed by atoms with E-state index < -0.39 is 5.54 Å². The van der Waals surface area contributed by atoms with E-state index in [9.17, 15) is 14.0 Å². The topological polar surface area (TPSA) is 56.4 Å². The van der Waals surface area contributed by atoms with E-state index in [-0.39, 0.29) is 36.6 Å². The molecule has 2 atom stereocenters. The zero-order valence-electron chi connectivity index (χ0n) is 19.8. The summed E-state index contributed by atoms with van der Waals surface area (Å²) in [6, 6.07) is 22.8. The molecule has 1 N–H and O–H groups in total. The number of H-pyrrole nitrogens is 1. The standard InChI is InChI=1S/C29H25BrFN3O2/c1-29-27-26(21-7-3-5-9-24(21)32-27)22(18-10-12-20(30)13-11-18)16-34(29)25(35)17-33(28(29)36)15-14-19-6-2-4-8-23(19)31/h2-13,22,32H,14-17H2,1H3/t22-,29+/m1/s1. The number of amides is 2. The molecule has 36 heavy (non-hydrogen) atoms. The summed E-state index contributed by atoms with van der Waals surface area (Å²) in [7, 11) is 0. The molecule has 0 unspecified atom stereocenters. The largest absolute Gasteiger partial charge is 0.356 e. The number of carbonyl (C=O) groups excluding carboxylic acids is 2. The highest BCUT2D eigenvalue weighted by Crippen LogP contribution is 2.48. The molecule has 5 nitrogen and oxygen atoms in total. The highest BCUT2D eigenvalue weighted by atomic mass is 79.9. The van der Waals surface area contributed by atoms with Crippen LogP contribution < -0.4 is 0 Å². The van der Waals surface area contributed by atoms with Crippen LogP contribution >= 0.6 is 15.9 Å². The molecule has 1 fully saturated rings. The van der Waals surface area contributed by atoms with Crippen LogP contribution in [0.4, 0.5) is 4.39 Å². The maximum Gasteiger partial charge on any atom is 0.254 e. The van der Waals surface area contributed by atoms with Crippen molar-refractivity contribution >= 4 is 38.6 Å². The second-order valence-electron chi connectivity index (χ2n) is 9.71. The van der Waals surface area contributed by atoms with Gasteiger partial charge in [0.1, 0.15) is 5.82 Å². The summed E-state index contributed by atoms with van der Waals surface area (Å²) in [6.45, 7) is 2.53. The van der Waals surface area contributed by atoms with Crippen LogP contribution in [0.5, 0.6) is 0 Å². The van der Waals surface area contributed by atoms with E-state index in [4.69, 9.17) is 0 Å². The Balaban J connectivity index is 1.44. The van der Waals surface area contributed by atoms with Crippen LogP contribution in [0.3, 0.4) is 0 Å². The van der Waals surface area contributed by atoms with Gasteiger partial charge in [-0.2, -0.15) is 0 Å². The van der Waals surface area contributed by atoms with Gasteiger partial charge in [0, 0.05) is 34.4 Å². The third-order valence-electron chi connectivity index (χ3n) is 7.70. The normalized spacial score (nSPS) is 21.6. The molecule has 0 radical (unpaired) electrons. The summed E-state index contributed by atoms with van der Waals surface area (Å²) >= 11 is 3.51. The fourth-order valence-corrected chi connectivity index (χ4v) is 6.07. The molecule has 0 bridgehead atoms. The molecular weight excluding hydrogens is 521 g/mol. The van der Waals surface area contributed by atoms with Crippen molar-refractivity contribution in [1.82, 2.24) is 14.8 Å². The van der Waals surface area contributed by atoms with E-state index in [2.05, 4.69) is 39.1 Å². The number of hydrogen-bond acceptors (Lipinski definition) is 2. The molecule has 0 spiro atoms. The molecule has 0 saturated carbocycles. The molecule has 2 aliphatic heterocycles. The number of para-hydroxylation sites is 1. The van der Waals surface area contributed by atoms with Gasteiger partial charge < -0.3 is 14.8 Å². The Labute approximate surface area is 217 Å². The molecular formula is C29H25BrFN3O2. The zero-order valence-corrected chi connectivity index (χ0v) is 21.4. The van der Waals surface area contributed by atoms with Crippen LogP contribution in [0.25, 0.3) is 10.9 Å². The average Bonchev–Trinajstić information content (AvgIpc) is 3.28. The second kappa shape index (κ2) is 8.59. The van der Waals surface area contributed by atoms with Crippen LogP contribution in [-0.2, 0) is 21.5 Å². The Morgan fingerprint density at radius 2 is 1.75 bits per heavy atom. The van der Waals surface area contributed by atoms with Gasteiger partial charge in [0.15, 0.2) is 5.54 Å². The first-order chi connectivity index (χ1) is 17.4. The third kappa shape index (κ3) is 3.48. The van der Waals surface area contributed by atoms with E-state index in [1.165, 1.54) is 6.07 Å². The number of nitrogens with one attached hydrogen (secondary N) is 1. The van der Waals surface area contributed by atoms with Crippen molar-refractivity contribution in [3.63, 3.8) is 0 Å². The Hall–Kier alpha value is -3.45. The van der Waals surface area contributed by atoms with E-state index in [1.807, 2.05) is 37.3 Å². The number of hydrogen-bond donors (Lipinski definition) is 1. The van der Waals surface area contributed by atoms with Crippen molar-refractivity contribution in [2.24, 2.45) is 0 Å². The van der Waals surface area contributed by atoms with Gasteiger partial charge in [0.05, 0.1) is 12.2 Å². The highest BCUT2D eigenvalue weighted by Gasteiger charge is 2.56. The van der Waals surface area contributed by atoms with Crippen LogP contribution in [0.2, 0.25) is 0 Å². The summed E-state index contributed by atoms with van der Waals surface area (Å²) < 4.78 is 15.2. The molecule has 182 valence electrons. The minimum absolute atomic E-state index is 0.00844. The van der Waals surface area contributed by atoms with Crippen molar-refractivity contribution in [2.75, 3.05) is 19.6 Å². The lowest BCUT2D eigenvalue weighted by Gasteiger charge is -2.51. The molecule has 2 aliphatic rings. The number of carbonyl (C=O) groups is 2. The number of nitrogens with zero attached hydrogens (tertiary/aromatic N) is 2. The number of benzene rings is 3. The van der Waals surface area contributed by atoms with Crippen molar-refractivity contribution in [3.05, 3.63) is 105 Å². The van der Waals surface area contributed by atoms with E-state index >= 15 is 0 Å². The Kier molecular flexibility index (Phi) is 5.48. The monoisotopic (exact) mass is 545 g/mol. The van der Waals surface area contributed by atoms with Crippen molar-refractivity contribution in [3.8, 4) is 0 Å². The summed E-state index contributed by atoms with van der Waals surface area (Å²) in [6.07, 6.45) is 0.350. The van der Waals surface area contributed by atoms with E-state index in [0.29, 0.717) is 18.5 Å². The maximum atomic E-state index is 14.2. The Morgan fingerprint density at radius 3 is 2.53 bits per heavy atom. The van der Waals surface area contributed by atoms with Crippen LogP contribution in [0, 0.1) is 5.82 Å². The van der Waals surface area contributed by atoms with Gasteiger partial charge in [0.25, 0.3) is 5.91 Å². The zero-order chi connectivity index (χ0) is 25.0. The fraction of sp³-hybridized carbons (Fsp3) is 0.241. The number of fused-ring (bicyclic) bond motifs is 5. The molecule has 4 aromatic rings. The lowest BCUT2D eigenvalue weighted by molar-refractivity contribution is -0.166. The molecule has 3 heterocycles. The number of halogens is 2. The van der Waals surface area contributed by atoms with E-state index in [1.54, 1.807) is 28.0 Å². The average molecular weight is 546 g/mol. The molecule has 2 amide bonds. The molecule has 0 aliphatic carbocycles. The summed E-state index contributed by atoms with van der Waals surface area (Å²) in [5.74, 6) is -0.606. The molecule has 1 aromatic heterocycles. The lowest BCUT2D eigenvalue weighted by Crippen LogP contribution is -2.67. The van der Waals surface area contributed by atoms with Crippen molar-refractivity contribution in [2.45, 2.75) is 24.8 Å². The van der Waals surface area contributed by atoms with Crippen molar-refractivity contribution < 1.29 is 14.0 Å². The number of aromatic amines is 1. The third-order valence-corrected chi connectivity index (χ3v) is 8.23. The maximum absolute atomic E-state index is 14.2. The Bertz CT molecular complexity index is 1500. The minimum atomic E-state index is -1.16. The van der Waals surface area contributed by atoms with Crippen LogP contribution in [0.15, 0.2) is 77.3 Å². The van der Waals surface area contributed by atoms with Gasteiger partial charge in [-0.3, -0.25) is 9.59 Å². The highest BCUT2D eigenvalue weighted by molar-refractivity contribution is 9.10. The first-order valence-corrected chi connectivity index (χ1v) is 12.9. The first kappa shape index (κ1) is 23.0. The first-order valence-electron chi connectivity index (χ1n) is 12.1. The van der Waals surface area contributed by atoms with E-state index in [0.717, 1.165) is 32.2 Å². The summed E-state index contributed by atoms with van der Waals surface area (Å²) in [5.41, 5.74) is 3.23. The van der Waals surface area contributed by atoms with Gasteiger partial charge in [-0.25, -0.2) is 4.39 Å². The van der Waals surface area contributed by atoms with Gasteiger partial charge >= 0.3 is 0 Å². The molecule has 7 heteroatoms. The summed E-state index contributed by atoms with van der Waals surface area (Å²) in [4.78, 5) is 34.5. The quantitative estimate of drug-likeness (QED) is 0.376. The minimum Gasteiger partial charge on any atom is -0.356 e. The van der Waals surface area contributed by atoms with Gasteiger partial charge in [0.2, 0.25) is 5.91 Å². The predicted octanol–water partition coefficient (Wildman–Crippen LogP) is 5.34. The van der Waals surface area contributed by atoms with Gasteiger partial charge in [-0.05, 0) is 54.3 Å². The number of piperazine rings is 1. The van der Waals surface area contributed by atoms with Crippen LogP contribution in [-0.4, -0.2) is 46.2 Å². The SMILES string of the molecule is C[C@]12C(=O)N(CCc3ccccc3F)CC(=O)N1C[C@H](c1ccc(Br)cc1)c1c2[nH]c2ccccc12. The molecule has 6 rings (SSSR count). The van der Waals surface area contributed by atoms with Gasteiger partial charge in [-0.1, -0.05) is 64.5 Å². The smallest absolute Gasteiger partial charge is 0.254 e. The number of aromatic nitrogens is 1. The van der Waals surface area contributed by atoms with Gasteiger partial charge in [-0.15, -0.1) is 0 Å². The fourth-order valence-electron chi connectivity index (χ4n) is 5.81.